The van der Waals surface area contributed by atoms with Gasteiger partial charge in [0.2, 0.25) is 0 Å². The average molecular weight is 168 g/mol. The highest BCUT2D eigenvalue weighted by molar-refractivity contribution is 7.27. The van der Waals surface area contributed by atoms with Crippen LogP contribution in [0, 0.1) is 6.92 Å². The topological polar surface area (TPSA) is 37.3 Å². The van der Waals surface area contributed by atoms with E-state index in [1.165, 1.54) is 0 Å². The molecule has 1 aromatic carbocycles. The summed E-state index contributed by atoms with van der Waals surface area (Å²) in [5.74, 6) is -0.881. The van der Waals surface area contributed by atoms with Gasteiger partial charge in [-0.25, -0.2) is 4.79 Å². The Kier molecular flexibility index (Phi) is 2.25. The quantitative estimate of drug-likeness (QED) is 0.639. The molecule has 3 heteroatoms. The van der Waals surface area contributed by atoms with Crippen LogP contribution in [-0.2, 0) is 0 Å². The molecule has 1 atom stereocenters. The van der Waals surface area contributed by atoms with Crippen LogP contribution in [0.2, 0.25) is 0 Å². The molecule has 0 aliphatic carbocycles. The maximum absolute atomic E-state index is 10.5. The van der Waals surface area contributed by atoms with Crippen molar-refractivity contribution in [3.05, 3.63) is 29.3 Å². The Morgan fingerprint density at radius 1 is 1.55 bits per heavy atom. The van der Waals surface area contributed by atoms with Crippen molar-refractivity contribution in [2.75, 3.05) is 0 Å². The number of hydrogen-bond acceptors (Lipinski definition) is 1. The van der Waals surface area contributed by atoms with Crippen LogP contribution < -0.4 is 5.30 Å². The van der Waals surface area contributed by atoms with E-state index in [4.69, 9.17) is 5.11 Å². The Labute approximate surface area is 67.4 Å². The van der Waals surface area contributed by atoms with Crippen LogP contribution in [0.5, 0.6) is 0 Å². The second-order valence-electron chi connectivity index (χ2n) is 2.38. The van der Waals surface area contributed by atoms with E-state index in [2.05, 4.69) is 9.24 Å². The Hall–Kier alpha value is -0.880. The van der Waals surface area contributed by atoms with Gasteiger partial charge < -0.3 is 5.11 Å². The molecule has 0 radical (unpaired) electrons. The zero-order valence-electron chi connectivity index (χ0n) is 6.16. The first-order valence-corrected chi connectivity index (χ1v) is 3.78. The van der Waals surface area contributed by atoms with Crippen molar-refractivity contribution in [3.8, 4) is 0 Å². The van der Waals surface area contributed by atoms with Gasteiger partial charge in [-0.2, -0.15) is 0 Å². The standard InChI is InChI=1S/C8H9O2P/c1-5-2-3-6(8(9)10)4-7(5)11/h2-4H,11H2,1H3,(H,9,10). The molecule has 0 fully saturated rings. The smallest absolute Gasteiger partial charge is 0.335 e. The van der Waals surface area contributed by atoms with Crippen molar-refractivity contribution in [3.63, 3.8) is 0 Å². The number of carbonyl (C=O) groups is 1. The Morgan fingerprint density at radius 2 is 2.18 bits per heavy atom. The molecule has 1 aromatic rings. The molecule has 0 aromatic heterocycles. The zero-order valence-corrected chi connectivity index (χ0v) is 7.32. The van der Waals surface area contributed by atoms with E-state index < -0.39 is 5.97 Å². The third-order valence-corrected chi connectivity index (χ3v) is 2.15. The van der Waals surface area contributed by atoms with Gasteiger partial charge in [0.1, 0.15) is 0 Å². The first-order valence-electron chi connectivity index (χ1n) is 3.20. The van der Waals surface area contributed by atoms with Crippen molar-refractivity contribution in [2.45, 2.75) is 6.92 Å². The summed E-state index contributed by atoms with van der Waals surface area (Å²) in [7, 11) is 2.50. The average Bonchev–Trinajstić information content (AvgIpc) is 1.94. The third kappa shape index (κ3) is 1.78. The third-order valence-electron chi connectivity index (χ3n) is 1.53. The molecule has 0 aliphatic rings. The Balaban J connectivity index is 3.15. The summed E-state index contributed by atoms with van der Waals surface area (Å²) in [4.78, 5) is 10.5. The Bertz CT molecular complexity index is 294. The normalized spacial score (nSPS) is 9.64. The molecule has 0 spiro atoms. The molecule has 0 aliphatic heterocycles. The summed E-state index contributed by atoms with van der Waals surface area (Å²) in [6.45, 7) is 1.94. The molecule has 1 unspecified atom stereocenters. The summed E-state index contributed by atoms with van der Waals surface area (Å²) in [6, 6.07) is 5.04. The van der Waals surface area contributed by atoms with Crippen molar-refractivity contribution < 1.29 is 9.90 Å². The highest BCUT2D eigenvalue weighted by Gasteiger charge is 2.02. The molecular weight excluding hydrogens is 159 g/mol. The second kappa shape index (κ2) is 3.02. The lowest BCUT2D eigenvalue weighted by Crippen LogP contribution is -2.03. The highest BCUT2D eigenvalue weighted by atomic mass is 31.0. The fraction of sp³-hybridized carbons (Fsp3) is 0.125. The second-order valence-corrected chi connectivity index (χ2v) is 3.00. The van der Waals surface area contributed by atoms with E-state index in [9.17, 15) is 4.79 Å². The number of aromatic carboxylic acids is 1. The van der Waals surface area contributed by atoms with Gasteiger partial charge in [0.05, 0.1) is 5.56 Å². The maximum Gasteiger partial charge on any atom is 0.335 e. The predicted molar refractivity (Wildman–Crippen MR) is 47.5 cm³/mol. The number of carboxylic acid groups (broad SMARTS) is 1. The van der Waals surface area contributed by atoms with Gasteiger partial charge in [-0.05, 0) is 29.9 Å². The van der Waals surface area contributed by atoms with Crippen molar-refractivity contribution in [1.82, 2.24) is 0 Å². The molecule has 0 bridgehead atoms. The fourth-order valence-electron chi connectivity index (χ4n) is 0.774. The zero-order chi connectivity index (χ0) is 8.43. The van der Waals surface area contributed by atoms with Gasteiger partial charge in [-0.3, -0.25) is 0 Å². The minimum Gasteiger partial charge on any atom is -0.478 e. The van der Waals surface area contributed by atoms with E-state index >= 15 is 0 Å². The SMILES string of the molecule is Cc1ccc(C(=O)O)cc1P. The highest BCUT2D eigenvalue weighted by Crippen LogP contribution is 2.03. The van der Waals surface area contributed by atoms with Crippen LogP contribution in [0.1, 0.15) is 15.9 Å². The predicted octanol–water partition coefficient (Wildman–Crippen LogP) is 1.19. The lowest BCUT2D eigenvalue weighted by molar-refractivity contribution is 0.0697. The molecule has 0 saturated heterocycles. The van der Waals surface area contributed by atoms with Gasteiger partial charge in [0.15, 0.2) is 0 Å². The number of aryl methyl sites for hydroxylation is 1. The van der Waals surface area contributed by atoms with Crippen LogP contribution in [0.15, 0.2) is 18.2 Å². The summed E-state index contributed by atoms with van der Waals surface area (Å²) in [6.07, 6.45) is 0. The first-order chi connectivity index (χ1) is 5.11. The van der Waals surface area contributed by atoms with E-state index in [1.54, 1.807) is 18.2 Å². The molecule has 0 heterocycles. The van der Waals surface area contributed by atoms with Crippen molar-refractivity contribution in [2.24, 2.45) is 0 Å². The monoisotopic (exact) mass is 168 g/mol. The molecule has 58 valence electrons. The largest absolute Gasteiger partial charge is 0.478 e. The summed E-state index contributed by atoms with van der Waals surface area (Å²) in [5.41, 5.74) is 1.42. The van der Waals surface area contributed by atoms with E-state index in [-0.39, 0.29) is 0 Å². The van der Waals surface area contributed by atoms with Gasteiger partial charge >= 0.3 is 5.97 Å². The fourth-order valence-corrected chi connectivity index (χ4v) is 1.05. The van der Waals surface area contributed by atoms with Gasteiger partial charge in [0.25, 0.3) is 0 Å². The first kappa shape index (κ1) is 8.22. The van der Waals surface area contributed by atoms with Crippen LogP contribution >= 0.6 is 9.24 Å². The summed E-state index contributed by atoms with van der Waals surface area (Å²) in [5, 5.41) is 9.53. The van der Waals surface area contributed by atoms with E-state index in [0.29, 0.717) is 5.56 Å². The Morgan fingerprint density at radius 3 is 2.64 bits per heavy atom. The minimum absolute atomic E-state index is 0.334. The van der Waals surface area contributed by atoms with Crippen LogP contribution in [0.3, 0.4) is 0 Å². The molecule has 11 heavy (non-hydrogen) atoms. The number of benzene rings is 1. The lowest BCUT2D eigenvalue weighted by atomic mass is 10.1. The molecule has 0 saturated carbocycles. The maximum atomic E-state index is 10.5. The van der Waals surface area contributed by atoms with E-state index in [0.717, 1.165) is 10.9 Å². The summed E-state index contributed by atoms with van der Waals surface area (Å²) >= 11 is 0. The molecule has 0 amide bonds. The van der Waals surface area contributed by atoms with Gasteiger partial charge in [-0.15, -0.1) is 9.24 Å². The minimum atomic E-state index is -0.881. The molecule has 1 N–H and O–H groups in total. The molecular formula is C8H9O2P. The number of carboxylic acids is 1. The van der Waals surface area contributed by atoms with Crippen LogP contribution in [0.4, 0.5) is 0 Å². The van der Waals surface area contributed by atoms with Crippen LogP contribution in [-0.4, -0.2) is 11.1 Å². The van der Waals surface area contributed by atoms with Crippen LogP contribution in [0.25, 0.3) is 0 Å². The van der Waals surface area contributed by atoms with Gasteiger partial charge in [-0.1, -0.05) is 6.07 Å². The molecule has 2 nitrogen and oxygen atoms in total. The molecule has 1 rings (SSSR count). The lowest BCUT2D eigenvalue weighted by Gasteiger charge is -1.99. The van der Waals surface area contributed by atoms with Gasteiger partial charge in [0, 0.05) is 0 Å². The van der Waals surface area contributed by atoms with E-state index in [1.807, 2.05) is 6.92 Å². The summed E-state index contributed by atoms with van der Waals surface area (Å²) < 4.78 is 0. The number of hydrogen-bond donors (Lipinski definition) is 1. The van der Waals surface area contributed by atoms with Crippen molar-refractivity contribution in [1.29, 1.82) is 0 Å². The number of rotatable bonds is 1. The van der Waals surface area contributed by atoms with Crippen molar-refractivity contribution >= 4 is 20.5 Å².